The van der Waals surface area contributed by atoms with E-state index in [4.69, 9.17) is 9.97 Å². The van der Waals surface area contributed by atoms with Crippen molar-refractivity contribution in [2.45, 2.75) is 12.3 Å². The Hall–Kier alpha value is -7.82. The molecule has 0 saturated heterocycles. The van der Waals surface area contributed by atoms with Crippen molar-refractivity contribution in [1.82, 2.24) is 14.5 Å². The standard InChI is InChI=1S/C56H36N4/c1-56-40-29-30-44-48(34-40)57-55(58-53(44)38-25-23-36(24-26-38)35-13-4-2-5-14-35)60-50-32-28-37-15-8-9-18-42(37)52(50)45-20-12-19-43(54(45)60)39-27-31-47(56)51(33-39)59(41-16-6-3-7-17-41)49-22-11-10-21-46(49)56/h2-34H,1H3. The summed E-state index contributed by atoms with van der Waals surface area (Å²) < 4.78 is 2.33. The molecule has 4 heteroatoms. The Morgan fingerprint density at radius 2 is 1.17 bits per heavy atom. The van der Waals surface area contributed by atoms with Gasteiger partial charge in [0, 0.05) is 38.4 Å². The van der Waals surface area contributed by atoms with Gasteiger partial charge in [-0.3, -0.25) is 4.57 Å². The van der Waals surface area contributed by atoms with E-state index in [1.165, 1.54) is 60.7 Å². The quantitative estimate of drug-likeness (QED) is 0.180. The third-order valence-electron chi connectivity index (χ3n) is 13.2. The first-order chi connectivity index (χ1) is 29.6. The molecule has 1 atom stereocenters. The number of hydrogen-bond donors (Lipinski definition) is 0. The van der Waals surface area contributed by atoms with Crippen LogP contribution < -0.4 is 4.90 Å². The first kappa shape index (κ1) is 33.2. The fourth-order valence-corrected chi connectivity index (χ4v) is 10.3. The Labute approximate surface area is 347 Å². The van der Waals surface area contributed by atoms with Crippen LogP contribution in [0, 0.1) is 0 Å². The van der Waals surface area contributed by atoms with Crippen LogP contribution in [0.1, 0.15) is 23.6 Å². The molecule has 7 bridgehead atoms. The van der Waals surface area contributed by atoms with E-state index in [1.54, 1.807) is 0 Å². The maximum absolute atomic E-state index is 5.60. The lowest BCUT2D eigenvalue weighted by molar-refractivity contribution is 0.682. The van der Waals surface area contributed by atoms with Crippen LogP contribution in [0.25, 0.3) is 82.9 Å². The Morgan fingerprint density at radius 3 is 2.03 bits per heavy atom. The summed E-state index contributed by atoms with van der Waals surface area (Å²) in [5.41, 5.74) is 16.3. The van der Waals surface area contributed by atoms with E-state index in [0.717, 1.165) is 50.0 Å². The molecule has 0 amide bonds. The number of benzene rings is 9. The molecule has 0 spiro atoms. The summed E-state index contributed by atoms with van der Waals surface area (Å²) in [6, 6.07) is 73.1. The molecule has 14 rings (SSSR count). The molecule has 1 unspecified atom stereocenters. The molecule has 3 aliphatic heterocycles. The molecule has 5 heterocycles. The van der Waals surface area contributed by atoms with Gasteiger partial charge in [0.2, 0.25) is 5.95 Å². The van der Waals surface area contributed by atoms with E-state index in [-0.39, 0.29) is 0 Å². The summed E-state index contributed by atoms with van der Waals surface area (Å²) in [5, 5.41) is 5.81. The van der Waals surface area contributed by atoms with Gasteiger partial charge < -0.3 is 4.90 Å². The molecule has 0 N–H and O–H groups in total. The molecule has 280 valence electrons. The molecular formula is C56H36N4. The Morgan fingerprint density at radius 1 is 0.467 bits per heavy atom. The van der Waals surface area contributed by atoms with Gasteiger partial charge in [-0.25, -0.2) is 9.97 Å². The van der Waals surface area contributed by atoms with Gasteiger partial charge in [0.1, 0.15) is 0 Å². The van der Waals surface area contributed by atoms with Gasteiger partial charge in [-0.2, -0.15) is 0 Å². The highest BCUT2D eigenvalue weighted by atomic mass is 15.2. The second-order valence-corrected chi connectivity index (χ2v) is 16.3. The number of fused-ring (bicyclic) bond motifs is 6. The summed E-state index contributed by atoms with van der Waals surface area (Å²) in [6.45, 7) is 2.39. The van der Waals surface area contributed by atoms with E-state index < -0.39 is 5.41 Å². The van der Waals surface area contributed by atoms with Crippen LogP contribution >= 0.6 is 0 Å². The first-order valence-corrected chi connectivity index (χ1v) is 20.7. The van der Waals surface area contributed by atoms with Gasteiger partial charge in [-0.15, -0.1) is 0 Å². The topological polar surface area (TPSA) is 34.0 Å². The van der Waals surface area contributed by atoms with E-state index in [2.05, 4.69) is 217 Å². The average molecular weight is 765 g/mol. The SMILES string of the molecule is CC12c3ccc4c(-c5ccc(-c6ccccc6)cc5)nc(nc4c3)-n3c4ccc5ccccc5c4c4cccc(c43)-c3ccc1c(c3)N(c1ccccc1)c1ccccc12. The number of hydrogen-bond acceptors (Lipinski definition) is 3. The average Bonchev–Trinajstić information content (AvgIpc) is 3.67. The van der Waals surface area contributed by atoms with Crippen molar-refractivity contribution >= 4 is 60.5 Å². The van der Waals surface area contributed by atoms with Crippen molar-refractivity contribution in [1.29, 1.82) is 0 Å². The highest BCUT2D eigenvalue weighted by molar-refractivity contribution is 6.23. The Kier molecular flexibility index (Phi) is 6.83. The van der Waals surface area contributed by atoms with Crippen LogP contribution in [0.5, 0.6) is 0 Å². The first-order valence-electron chi connectivity index (χ1n) is 20.7. The number of nitrogens with zero attached hydrogens (tertiary/aromatic N) is 4. The van der Waals surface area contributed by atoms with E-state index in [0.29, 0.717) is 5.95 Å². The lowest BCUT2D eigenvalue weighted by Crippen LogP contribution is -2.34. The highest BCUT2D eigenvalue weighted by Gasteiger charge is 2.42. The van der Waals surface area contributed by atoms with Crippen LogP contribution in [-0.4, -0.2) is 14.5 Å². The van der Waals surface area contributed by atoms with Gasteiger partial charge in [-0.1, -0.05) is 164 Å². The summed E-state index contributed by atoms with van der Waals surface area (Å²) in [7, 11) is 0. The minimum atomic E-state index is -0.493. The summed E-state index contributed by atoms with van der Waals surface area (Å²) >= 11 is 0. The third kappa shape index (κ3) is 4.56. The molecule has 2 aromatic heterocycles. The van der Waals surface area contributed by atoms with Gasteiger partial charge in [0.05, 0.1) is 33.6 Å². The molecule has 11 aromatic rings. The smallest absolute Gasteiger partial charge is 0.235 e. The zero-order valence-electron chi connectivity index (χ0n) is 32.8. The molecule has 3 aliphatic rings. The minimum Gasteiger partial charge on any atom is -0.310 e. The van der Waals surface area contributed by atoms with Crippen molar-refractivity contribution < 1.29 is 0 Å². The molecule has 9 aromatic carbocycles. The van der Waals surface area contributed by atoms with Crippen molar-refractivity contribution in [3.63, 3.8) is 0 Å². The maximum atomic E-state index is 5.60. The summed E-state index contributed by atoms with van der Waals surface area (Å²) in [6.07, 6.45) is 0. The molecule has 0 saturated carbocycles. The maximum Gasteiger partial charge on any atom is 0.235 e. The number of rotatable bonds is 3. The van der Waals surface area contributed by atoms with Crippen LogP contribution in [0.15, 0.2) is 200 Å². The van der Waals surface area contributed by atoms with E-state index >= 15 is 0 Å². The second kappa shape index (κ2) is 12.3. The number of aromatic nitrogens is 3. The van der Waals surface area contributed by atoms with Crippen molar-refractivity contribution in [2.75, 3.05) is 4.90 Å². The second-order valence-electron chi connectivity index (χ2n) is 16.3. The predicted molar refractivity (Wildman–Crippen MR) is 248 cm³/mol. The lowest BCUT2D eigenvalue weighted by Gasteiger charge is -2.44. The lowest BCUT2D eigenvalue weighted by atomic mass is 9.67. The predicted octanol–water partition coefficient (Wildman–Crippen LogP) is 14.3. The van der Waals surface area contributed by atoms with Crippen molar-refractivity contribution in [3.05, 3.63) is 217 Å². The van der Waals surface area contributed by atoms with Gasteiger partial charge in [0.15, 0.2) is 0 Å². The minimum absolute atomic E-state index is 0.493. The number of anilines is 3. The molecular weight excluding hydrogens is 729 g/mol. The van der Waals surface area contributed by atoms with E-state index in [1.807, 2.05) is 0 Å². The Balaban J connectivity index is 1.19. The molecule has 60 heavy (non-hydrogen) atoms. The highest BCUT2D eigenvalue weighted by Crippen LogP contribution is 2.56. The fourth-order valence-electron chi connectivity index (χ4n) is 10.3. The molecule has 0 aliphatic carbocycles. The van der Waals surface area contributed by atoms with Crippen LogP contribution in [0.4, 0.5) is 17.1 Å². The van der Waals surface area contributed by atoms with E-state index in [9.17, 15) is 0 Å². The molecule has 4 nitrogen and oxygen atoms in total. The van der Waals surface area contributed by atoms with Crippen LogP contribution in [0.3, 0.4) is 0 Å². The largest absolute Gasteiger partial charge is 0.310 e. The monoisotopic (exact) mass is 764 g/mol. The molecule has 0 radical (unpaired) electrons. The van der Waals surface area contributed by atoms with Gasteiger partial charge in [-0.05, 0) is 87.5 Å². The van der Waals surface area contributed by atoms with Crippen LogP contribution in [-0.2, 0) is 5.41 Å². The molecule has 0 fully saturated rings. The normalized spacial score (nSPS) is 15.1. The summed E-state index contributed by atoms with van der Waals surface area (Å²) in [5.74, 6) is 0.655. The van der Waals surface area contributed by atoms with Gasteiger partial charge >= 0.3 is 0 Å². The Bertz CT molecular complexity index is 3550. The van der Waals surface area contributed by atoms with Gasteiger partial charge in [0.25, 0.3) is 0 Å². The number of para-hydroxylation sites is 3. The third-order valence-corrected chi connectivity index (χ3v) is 13.2. The zero-order chi connectivity index (χ0) is 39.5. The van der Waals surface area contributed by atoms with Crippen LogP contribution in [0.2, 0.25) is 0 Å². The zero-order valence-corrected chi connectivity index (χ0v) is 32.8. The van der Waals surface area contributed by atoms with Crippen molar-refractivity contribution in [2.24, 2.45) is 0 Å². The van der Waals surface area contributed by atoms with Crippen molar-refractivity contribution in [3.8, 4) is 39.5 Å². The summed E-state index contributed by atoms with van der Waals surface area (Å²) in [4.78, 5) is 13.6. The fraction of sp³-hybridized carbons (Fsp3) is 0.0357.